The first-order valence-electron chi connectivity index (χ1n) is 8.98. The number of benzene rings is 2. The van der Waals surface area contributed by atoms with Gasteiger partial charge in [0.15, 0.2) is 0 Å². The molecule has 26 heavy (non-hydrogen) atoms. The lowest BCUT2D eigenvalue weighted by molar-refractivity contribution is 0.0931. The molecule has 1 fully saturated rings. The number of piperidine rings is 1. The highest BCUT2D eigenvalue weighted by Gasteiger charge is 2.24. The van der Waals surface area contributed by atoms with E-state index in [1.54, 1.807) is 17.0 Å². The molecular weight excluding hydrogens is 328 g/mol. The van der Waals surface area contributed by atoms with Crippen molar-refractivity contribution in [2.75, 3.05) is 19.6 Å². The van der Waals surface area contributed by atoms with Gasteiger partial charge in [0.05, 0.1) is 0 Å². The maximum atomic E-state index is 12.2. The smallest absolute Gasteiger partial charge is 0.410 e. The summed E-state index contributed by atoms with van der Waals surface area (Å²) < 4.78 is 5.37. The minimum Gasteiger partial charge on any atom is -0.410 e. The van der Waals surface area contributed by atoms with Gasteiger partial charge in [-0.1, -0.05) is 35.9 Å². The van der Waals surface area contributed by atoms with E-state index in [0.29, 0.717) is 36.9 Å². The molecule has 1 aliphatic rings. The summed E-state index contributed by atoms with van der Waals surface area (Å²) in [5, 5.41) is 3.01. The Balaban J connectivity index is 1.42. The molecule has 0 aliphatic carbocycles. The van der Waals surface area contributed by atoms with Crippen LogP contribution in [0.4, 0.5) is 4.79 Å². The molecule has 136 valence electrons. The number of amides is 2. The summed E-state index contributed by atoms with van der Waals surface area (Å²) in [5.41, 5.74) is 1.76. The average Bonchev–Trinajstić information content (AvgIpc) is 2.67. The van der Waals surface area contributed by atoms with E-state index in [0.717, 1.165) is 18.4 Å². The number of likely N-dealkylation sites (tertiary alicyclic amines) is 1. The Kier molecular flexibility index (Phi) is 5.89. The number of hydrogen-bond acceptors (Lipinski definition) is 3. The van der Waals surface area contributed by atoms with Crippen LogP contribution in [0.3, 0.4) is 0 Å². The number of para-hydroxylation sites is 1. The Morgan fingerprint density at radius 2 is 1.81 bits per heavy atom. The number of ether oxygens (including phenoxy) is 1. The van der Waals surface area contributed by atoms with Gasteiger partial charge in [-0.2, -0.15) is 0 Å². The molecule has 2 amide bonds. The molecule has 0 bridgehead atoms. The minimum atomic E-state index is -0.307. The predicted molar refractivity (Wildman–Crippen MR) is 100 cm³/mol. The zero-order chi connectivity index (χ0) is 18.4. The summed E-state index contributed by atoms with van der Waals surface area (Å²) in [6, 6.07) is 16.7. The van der Waals surface area contributed by atoms with Crippen LogP contribution in [0, 0.1) is 12.8 Å². The van der Waals surface area contributed by atoms with Gasteiger partial charge < -0.3 is 15.0 Å². The predicted octanol–water partition coefficient (Wildman–Crippen LogP) is 3.64. The van der Waals surface area contributed by atoms with Gasteiger partial charge in [0.1, 0.15) is 5.75 Å². The number of rotatable bonds is 4. The second kappa shape index (κ2) is 8.52. The van der Waals surface area contributed by atoms with E-state index in [1.165, 1.54) is 0 Å². The molecule has 0 unspecified atom stereocenters. The first-order valence-corrected chi connectivity index (χ1v) is 8.98. The van der Waals surface area contributed by atoms with Gasteiger partial charge in [-0.05, 0) is 49.9 Å². The van der Waals surface area contributed by atoms with Crippen LogP contribution in [0.1, 0.15) is 28.8 Å². The zero-order valence-corrected chi connectivity index (χ0v) is 15.0. The van der Waals surface area contributed by atoms with Gasteiger partial charge in [-0.3, -0.25) is 4.79 Å². The van der Waals surface area contributed by atoms with Crippen molar-refractivity contribution in [1.29, 1.82) is 0 Å². The van der Waals surface area contributed by atoms with Crippen molar-refractivity contribution in [3.63, 3.8) is 0 Å². The number of aryl methyl sites for hydroxylation is 1. The first kappa shape index (κ1) is 18.0. The molecule has 5 heteroatoms. The van der Waals surface area contributed by atoms with Crippen LogP contribution in [-0.2, 0) is 0 Å². The Bertz CT molecular complexity index is 753. The molecule has 1 saturated heterocycles. The van der Waals surface area contributed by atoms with Crippen molar-refractivity contribution >= 4 is 12.0 Å². The molecule has 5 nitrogen and oxygen atoms in total. The summed E-state index contributed by atoms with van der Waals surface area (Å²) in [5.74, 6) is 0.897. The molecule has 0 spiro atoms. The molecule has 1 aliphatic heterocycles. The van der Waals surface area contributed by atoms with Crippen LogP contribution in [0.25, 0.3) is 0 Å². The second-order valence-corrected chi connectivity index (χ2v) is 6.69. The summed E-state index contributed by atoms with van der Waals surface area (Å²) in [6.45, 7) is 3.91. The van der Waals surface area contributed by atoms with Gasteiger partial charge in [0.25, 0.3) is 5.91 Å². The number of carbonyl (C=O) groups is 2. The maximum absolute atomic E-state index is 12.2. The number of nitrogens with one attached hydrogen (secondary N) is 1. The van der Waals surface area contributed by atoms with Crippen molar-refractivity contribution in [1.82, 2.24) is 10.2 Å². The highest BCUT2D eigenvalue weighted by molar-refractivity contribution is 5.94. The van der Waals surface area contributed by atoms with E-state index < -0.39 is 0 Å². The fourth-order valence-corrected chi connectivity index (χ4v) is 3.10. The normalized spacial score (nSPS) is 14.7. The molecule has 2 aromatic carbocycles. The molecule has 0 aromatic heterocycles. The number of nitrogens with zero attached hydrogens (tertiary/aromatic N) is 1. The SMILES string of the molecule is Cc1cccc(C(=O)NCC2CCN(C(=O)Oc3ccccc3)CC2)c1. The fraction of sp³-hybridized carbons (Fsp3) is 0.333. The van der Waals surface area contributed by atoms with E-state index in [9.17, 15) is 9.59 Å². The lowest BCUT2D eigenvalue weighted by Gasteiger charge is -2.31. The summed E-state index contributed by atoms with van der Waals surface area (Å²) in [7, 11) is 0. The maximum Gasteiger partial charge on any atom is 0.415 e. The molecular formula is C21H24N2O3. The summed E-state index contributed by atoms with van der Waals surface area (Å²) >= 11 is 0. The van der Waals surface area contributed by atoms with Crippen molar-refractivity contribution < 1.29 is 14.3 Å². The van der Waals surface area contributed by atoms with E-state index in [1.807, 2.05) is 49.4 Å². The third-order valence-electron chi connectivity index (χ3n) is 4.65. The zero-order valence-electron chi connectivity index (χ0n) is 15.0. The van der Waals surface area contributed by atoms with Gasteiger partial charge in [0, 0.05) is 25.2 Å². The lowest BCUT2D eigenvalue weighted by atomic mass is 9.97. The van der Waals surface area contributed by atoms with Crippen molar-refractivity contribution in [2.24, 2.45) is 5.92 Å². The Morgan fingerprint density at radius 1 is 1.08 bits per heavy atom. The molecule has 0 saturated carbocycles. The van der Waals surface area contributed by atoms with Crippen molar-refractivity contribution in [3.05, 3.63) is 65.7 Å². The minimum absolute atomic E-state index is 0.0420. The highest BCUT2D eigenvalue weighted by Crippen LogP contribution is 2.18. The van der Waals surface area contributed by atoms with Crippen LogP contribution < -0.4 is 10.1 Å². The van der Waals surface area contributed by atoms with Gasteiger partial charge >= 0.3 is 6.09 Å². The Hall–Kier alpha value is -2.82. The summed E-state index contributed by atoms with van der Waals surface area (Å²) in [6.07, 6.45) is 1.41. The van der Waals surface area contributed by atoms with Crippen LogP contribution in [0.15, 0.2) is 54.6 Å². The molecule has 1 heterocycles. The Labute approximate surface area is 154 Å². The molecule has 3 rings (SSSR count). The number of hydrogen-bond donors (Lipinski definition) is 1. The first-order chi connectivity index (χ1) is 12.6. The summed E-state index contributed by atoms with van der Waals surface area (Å²) in [4.78, 5) is 26.1. The van der Waals surface area contributed by atoms with Gasteiger partial charge in [-0.25, -0.2) is 4.79 Å². The molecule has 2 aromatic rings. The van der Waals surface area contributed by atoms with Crippen LogP contribution in [0.2, 0.25) is 0 Å². The van der Waals surface area contributed by atoms with E-state index in [-0.39, 0.29) is 12.0 Å². The third-order valence-corrected chi connectivity index (χ3v) is 4.65. The van der Waals surface area contributed by atoms with Gasteiger partial charge in [0.2, 0.25) is 0 Å². The quantitative estimate of drug-likeness (QED) is 0.914. The van der Waals surface area contributed by atoms with Crippen LogP contribution >= 0.6 is 0 Å². The lowest BCUT2D eigenvalue weighted by Crippen LogP contribution is -2.42. The molecule has 1 N–H and O–H groups in total. The second-order valence-electron chi connectivity index (χ2n) is 6.69. The van der Waals surface area contributed by atoms with E-state index in [4.69, 9.17) is 4.74 Å². The third kappa shape index (κ3) is 4.85. The molecule has 0 radical (unpaired) electrons. The van der Waals surface area contributed by atoms with Gasteiger partial charge in [-0.15, -0.1) is 0 Å². The topological polar surface area (TPSA) is 58.6 Å². The van der Waals surface area contributed by atoms with Crippen LogP contribution in [0.5, 0.6) is 5.75 Å². The van der Waals surface area contributed by atoms with Crippen LogP contribution in [-0.4, -0.2) is 36.5 Å². The largest absolute Gasteiger partial charge is 0.415 e. The monoisotopic (exact) mass is 352 g/mol. The van der Waals surface area contributed by atoms with E-state index in [2.05, 4.69) is 5.32 Å². The fourth-order valence-electron chi connectivity index (χ4n) is 3.10. The molecule has 0 atom stereocenters. The highest BCUT2D eigenvalue weighted by atomic mass is 16.6. The van der Waals surface area contributed by atoms with E-state index >= 15 is 0 Å². The average molecular weight is 352 g/mol. The standard InChI is InChI=1S/C21H24N2O3/c1-16-6-5-7-18(14-16)20(24)22-15-17-10-12-23(13-11-17)21(25)26-19-8-3-2-4-9-19/h2-9,14,17H,10-13,15H2,1H3,(H,22,24). The van der Waals surface area contributed by atoms with Crippen molar-refractivity contribution in [2.45, 2.75) is 19.8 Å². The number of carbonyl (C=O) groups excluding carboxylic acids is 2. The van der Waals surface area contributed by atoms with Crippen molar-refractivity contribution in [3.8, 4) is 5.75 Å². The Morgan fingerprint density at radius 3 is 2.50 bits per heavy atom.